The third-order valence-electron chi connectivity index (χ3n) is 5.84. The number of esters is 1. The van der Waals surface area contributed by atoms with Crippen LogP contribution in [0.15, 0.2) is 41.8 Å². The number of carbonyl (C=O) groups excluding carboxylic acids is 2. The third kappa shape index (κ3) is 4.62. The van der Waals surface area contributed by atoms with Gasteiger partial charge in [0.15, 0.2) is 0 Å². The molecular formula is C23H24F3NO5S. The second-order valence-corrected chi connectivity index (χ2v) is 9.46. The van der Waals surface area contributed by atoms with Crippen molar-refractivity contribution in [2.45, 2.75) is 44.4 Å². The van der Waals surface area contributed by atoms with Crippen LogP contribution < -0.4 is 0 Å². The molecule has 6 nitrogen and oxygen atoms in total. The molecule has 1 aliphatic rings. The minimum Gasteiger partial charge on any atom is -0.479 e. The van der Waals surface area contributed by atoms with Crippen molar-refractivity contribution in [2.75, 3.05) is 7.11 Å². The molecule has 1 aromatic heterocycles. The smallest absolute Gasteiger partial charge is 0.416 e. The molecular weight excluding hydrogens is 459 g/mol. The number of hydrogen-bond acceptors (Lipinski definition) is 5. The largest absolute Gasteiger partial charge is 0.479 e. The number of benzene rings is 1. The molecule has 0 aliphatic carbocycles. The van der Waals surface area contributed by atoms with Gasteiger partial charge >= 0.3 is 18.1 Å². The van der Waals surface area contributed by atoms with Crippen LogP contribution in [-0.2, 0) is 20.5 Å². The van der Waals surface area contributed by atoms with Gasteiger partial charge in [-0.15, -0.1) is 11.3 Å². The van der Waals surface area contributed by atoms with E-state index < -0.39 is 47.1 Å². The van der Waals surface area contributed by atoms with E-state index in [9.17, 15) is 32.7 Å². The van der Waals surface area contributed by atoms with Crippen LogP contribution in [0.2, 0.25) is 0 Å². The van der Waals surface area contributed by atoms with Crippen LogP contribution in [0.1, 0.15) is 53.5 Å². The van der Waals surface area contributed by atoms with Crippen molar-refractivity contribution >= 4 is 29.2 Å². The average molecular weight is 484 g/mol. The molecule has 33 heavy (non-hydrogen) atoms. The number of halogens is 3. The maximum Gasteiger partial charge on any atom is 0.416 e. The Kier molecular flexibility index (Phi) is 6.88. The molecule has 3 atom stereocenters. The quantitative estimate of drug-likeness (QED) is 0.584. The summed E-state index contributed by atoms with van der Waals surface area (Å²) in [6, 6.07) is 6.12. The van der Waals surface area contributed by atoms with Crippen molar-refractivity contribution in [1.82, 2.24) is 4.90 Å². The number of likely N-dealkylation sites (tertiary alicyclic amines) is 1. The van der Waals surface area contributed by atoms with E-state index in [2.05, 4.69) is 0 Å². The summed E-state index contributed by atoms with van der Waals surface area (Å²) in [6.07, 6.45) is -4.68. The van der Waals surface area contributed by atoms with Crippen LogP contribution in [0.25, 0.3) is 0 Å². The Balaban J connectivity index is 2.18. The predicted molar refractivity (Wildman–Crippen MR) is 115 cm³/mol. The van der Waals surface area contributed by atoms with Gasteiger partial charge in [-0.05, 0) is 54.5 Å². The number of alkyl halides is 3. The van der Waals surface area contributed by atoms with Crippen molar-refractivity contribution in [2.24, 2.45) is 11.8 Å². The summed E-state index contributed by atoms with van der Waals surface area (Å²) >= 11 is 1.26. The zero-order valence-corrected chi connectivity index (χ0v) is 19.1. The predicted octanol–water partition coefficient (Wildman–Crippen LogP) is 5.01. The van der Waals surface area contributed by atoms with Crippen LogP contribution in [0.5, 0.6) is 0 Å². The lowest BCUT2D eigenvalue weighted by atomic mass is 9.83. The Morgan fingerprint density at radius 2 is 1.85 bits per heavy atom. The molecule has 1 amide bonds. The van der Waals surface area contributed by atoms with E-state index in [4.69, 9.17) is 4.74 Å². The Morgan fingerprint density at radius 1 is 1.21 bits per heavy atom. The van der Waals surface area contributed by atoms with Crippen LogP contribution in [0, 0.1) is 11.8 Å². The van der Waals surface area contributed by atoms with Crippen molar-refractivity contribution < 1.29 is 37.4 Å². The van der Waals surface area contributed by atoms with E-state index in [0.29, 0.717) is 4.88 Å². The SMILES string of the molecule is COC(=O)[C@H]1C[C@@](CC(C)C)(C(=O)O)N(C(=O)c2ccc(C(F)(F)F)cc2)[C@H]1c1cccs1. The lowest BCUT2D eigenvalue weighted by molar-refractivity contribution is -0.150. The molecule has 1 aliphatic heterocycles. The molecule has 2 aromatic rings. The molecule has 1 N–H and O–H groups in total. The number of amides is 1. The Labute approximate surface area is 193 Å². The summed E-state index contributed by atoms with van der Waals surface area (Å²) in [5.41, 5.74) is -2.75. The standard InChI is InChI=1S/C23H24F3NO5S/c1-13(2)11-22(21(30)31)12-16(20(29)32-3)18(17-5-4-10-33-17)27(22)19(28)14-6-8-15(9-7-14)23(24,25)26/h4-10,13,16,18H,11-12H2,1-3H3,(H,30,31)/t16-,18+,22-/m0/s1. The first-order valence-corrected chi connectivity index (χ1v) is 11.2. The number of hydrogen-bond donors (Lipinski definition) is 1. The summed E-state index contributed by atoms with van der Waals surface area (Å²) in [6.45, 7) is 3.61. The third-order valence-corrected chi connectivity index (χ3v) is 6.78. The fourth-order valence-electron chi connectivity index (χ4n) is 4.56. The highest BCUT2D eigenvalue weighted by Crippen LogP contribution is 2.51. The number of aliphatic carboxylic acids is 1. The summed E-state index contributed by atoms with van der Waals surface area (Å²) in [5, 5.41) is 12.1. The van der Waals surface area contributed by atoms with Crippen molar-refractivity contribution in [3.8, 4) is 0 Å². The van der Waals surface area contributed by atoms with Crippen LogP contribution in [0.4, 0.5) is 13.2 Å². The number of nitrogens with zero attached hydrogens (tertiary/aromatic N) is 1. The molecule has 0 radical (unpaired) electrons. The maximum atomic E-state index is 13.7. The second kappa shape index (κ2) is 9.17. The molecule has 2 heterocycles. The number of ether oxygens (including phenoxy) is 1. The molecule has 178 valence electrons. The van der Waals surface area contributed by atoms with E-state index in [1.54, 1.807) is 31.4 Å². The fraction of sp³-hybridized carbons (Fsp3) is 0.435. The van der Waals surface area contributed by atoms with Crippen LogP contribution >= 0.6 is 11.3 Å². The molecule has 0 bridgehead atoms. The number of carboxylic acids is 1. The number of rotatable bonds is 6. The number of carboxylic acid groups (broad SMARTS) is 1. The fourth-order valence-corrected chi connectivity index (χ4v) is 5.45. The molecule has 10 heteroatoms. The van der Waals surface area contributed by atoms with Gasteiger partial charge in [0.05, 0.1) is 24.6 Å². The molecule has 1 fully saturated rings. The Morgan fingerprint density at radius 3 is 2.30 bits per heavy atom. The lowest BCUT2D eigenvalue weighted by Crippen LogP contribution is -2.54. The Bertz CT molecular complexity index is 1020. The van der Waals surface area contributed by atoms with Crippen molar-refractivity contribution in [3.63, 3.8) is 0 Å². The zero-order valence-electron chi connectivity index (χ0n) is 18.3. The topological polar surface area (TPSA) is 83.9 Å². The molecule has 0 spiro atoms. The van der Waals surface area contributed by atoms with E-state index in [1.165, 1.54) is 23.3 Å². The van der Waals surface area contributed by atoms with Gasteiger partial charge in [0.2, 0.25) is 0 Å². The molecule has 1 aromatic carbocycles. The highest BCUT2D eigenvalue weighted by molar-refractivity contribution is 7.10. The van der Waals surface area contributed by atoms with Gasteiger partial charge in [0, 0.05) is 10.4 Å². The number of thiophene rings is 1. The average Bonchev–Trinajstić information content (AvgIpc) is 3.38. The van der Waals surface area contributed by atoms with Gasteiger partial charge in [-0.3, -0.25) is 9.59 Å². The molecule has 0 saturated carbocycles. The summed E-state index contributed by atoms with van der Waals surface area (Å²) in [4.78, 5) is 40.8. The summed E-state index contributed by atoms with van der Waals surface area (Å²) in [5.74, 6) is -3.77. The van der Waals surface area contributed by atoms with Crippen molar-refractivity contribution in [1.29, 1.82) is 0 Å². The molecule has 1 saturated heterocycles. The number of methoxy groups -OCH3 is 1. The second-order valence-electron chi connectivity index (χ2n) is 8.48. The maximum absolute atomic E-state index is 13.7. The summed E-state index contributed by atoms with van der Waals surface area (Å²) in [7, 11) is 1.19. The Hall–Kier alpha value is -2.88. The number of carbonyl (C=O) groups is 3. The van der Waals surface area contributed by atoms with Gasteiger partial charge < -0.3 is 14.7 Å². The van der Waals surface area contributed by atoms with E-state index >= 15 is 0 Å². The van der Waals surface area contributed by atoms with Gasteiger partial charge in [-0.2, -0.15) is 13.2 Å². The van der Waals surface area contributed by atoms with Crippen LogP contribution in [-0.4, -0.2) is 40.5 Å². The lowest BCUT2D eigenvalue weighted by Gasteiger charge is -2.39. The van der Waals surface area contributed by atoms with Crippen molar-refractivity contribution in [3.05, 3.63) is 57.8 Å². The first kappa shape index (κ1) is 24.8. The first-order valence-electron chi connectivity index (χ1n) is 10.3. The normalized spacial score (nSPS) is 23.1. The van der Waals surface area contributed by atoms with Gasteiger partial charge in [0.1, 0.15) is 5.54 Å². The highest BCUT2D eigenvalue weighted by atomic mass is 32.1. The van der Waals surface area contributed by atoms with Gasteiger partial charge in [0.25, 0.3) is 5.91 Å². The van der Waals surface area contributed by atoms with Crippen LogP contribution in [0.3, 0.4) is 0 Å². The first-order chi connectivity index (χ1) is 15.4. The molecule has 3 rings (SSSR count). The van der Waals surface area contributed by atoms with E-state index in [0.717, 1.165) is 24.3 Å². The summed E-state index contributed by atoms with van der Waals surface area (Å²) < 4.78 is 43.9. The van der Waals surface area contributed by atoms with E-state index in [1.807, 2.05) is 0 Å². The zero-order chi connectivity index (χ0) is 24.6. The van der Waals surface area contributed by atoms with Gasteiger partial charge in [-0.1, -0.05) is 19.9 Å². The minimum absolute atomic E-state index is 0.0596. The monoisotopic (exact) mass is 483 g/mol. The van der Waals surface area contributed by atoms with Gasteiger partial charge in [-0.25, -0.2) is 4.79 Å². The van der Waals surface area contributed by atoms with E-state index in [-0.39, 0.29) is 24.3 Å². The minimum atomic E-state index is -4.58. The highest BCUT2D eigenvalue weighted by Gasteiger charge is 2.61. The molecule has 0 unspecified atom stereocenters.